The normalized spacial score (nSPS) is 10.6. The summed E-state index contributed by atoms with van der Waals surface area (Å²) in [6, 6.07) is 16.8. The molecule has 20 heavy (non-hydrogen) atoms. The van der Waals surface area contributed by atoms with Gasteiger partial charge in [0.25, 0.3) is 5.78 Å². The topological polar surface area (TPSA) is 59.3 Å². The zero-order valence-corrected chi connectivity index (χ0v) is 10.5. The molecule has 0 bridgehead atoms. The number of para-hydroxylation sites is 2. The number of benzene rings is 2. The van der Waals surface area contributed by atoms with Gasteiger partial charge in [-0.3, -0.25) is 4.79 Å². The predicted molar refractivity (Wildman–Crippen MR) is 75.2 cm³/mol. The van der Waals surface area contributed by atoms with Crippen molar-refractivity contribution in [3.8, 4) is 5.69 Å². The van der Waals surface area contributed by atoms with Crippen molar-refractivity contribution in [3.05, 3.63) is 66.4 Å². The SMILES string of the molecule is O=C(O)C(=O)c1cn(-c2ccccc2)c2ccccc12. The summed E-state index contributed by atoms with van der Waals surface area (Å²) in [6.45, 7) is 0. The van der Waals surface area contributed by atoms with Crippen molar-refractivity contribution >= 4 is 22.7 Å². The van der Waals surface area contributed by atoms with Crippen molar-refractivity contribution in [2.24, 2.45) is 0 Å². The highest BCUT2D eigenvalue weighted by Gasteiger charge is 2.20. The molecule has 1 N–H and O–H groups in total. The Morgan fingerprint density at radius 1 is 0.900 bits per heavy atom. The van der Waals surface area contributed by atoms with Gasteiger partial charge in [-0.15, -0.1) is 0 Å². The van der Waals surface area contributed by atoms with Crippen LogP contribution < -0.4 is 0 Å². The molecule has 0 aliphatic carbocycles. The Balaban J connectivity index is 2.30. The highest BCUT2D eigenvalue weighted by atomic mass is 16.4. The standard InChI is InChI=1S/C16H11NO3/c18-15(16(19)20)13-10-17(11-6-2-1-3-7-11)14-9-5-4-8-12(13)14/h1-10H,(H,19,20). The number of carboxylic acids is 1. The molecule has 0 unspecified atom stereocenters. The molecule has 2 aromatic carbocycles. The van der Waals surface area contributed by atoms with E-state index < -0.39 is 11.8 Å². The first-order chi connectivity index (χ1) is 9.68. The van der Waals surface area contributed by atoms with E-state index in [1.54, 1.807) is 18.3 Å². The quantitative estimate of drug-likeness (QED) is 0.585. The van der Waals surface area contributed by atoms with E-state index in [1.807, 2.05) is 47.0 Å². The Labute approximate surface area is 114 Å². The van der Waals surface area contributed by atoms with Crippen LogP contribution in [0.3, 0.4) is 0 Å². The van der Waals surface area contributed by atoms with E-state index in [4.69, 9.17) is 5.11 Å². The van der Waals surface area contributed by atoms with Crippen LogP contribution >= 0.6 is 0 Å². The number of carbonyl (C=O) groups is 2. The third kappa shape index (κ3) is 1.87. The Hall–Kier alpha value is -2.88. The van der Waals surface area contributed by atoms with Crippen LogP contribution in [0.5, 0.6) is 0 Å². The predicted octanol–water partition coefficient (Wildman–Crippen LogP) is 2.90. The van der Waals surface area contributed by atoms with Crippen LogP contribution in [0.1, 0.15) is 10.4 Å². The summed E-state index contributed by atoms with van der Waals surface area (Å²) in [4.78, 5) is 22.7. The second-order valence-electron chi connectivity index (χ2n) is 4.40. The first-order valence-corrected chi connectivity index (χ1v) is 6.11. The third-order valence-corrected chi connectivity index (χ3v) is 3.19. The fourth-order valence-electron chi connectivity index (χ4n) is 2.28. The largest absolute Gasteiger partial charge is 0.475 e. The molecule has 0 saturated carbocycles. The van der Waals surface area contributed by atoms with Crippen molar-refractivity contribution in [1.82, 2.24) is 4.57 Å². The second-order valence-corrected chi connectivity index (χ2v) is 4.40. The monoisotopic (exact) mass is 265 g/mol. The fraction of sp³-hybridized carbons (Fsp3) is 0. The van der Waals surface area contributed by atoms with E-state index in [0.29, 0.717) is 5.39 Å². The van der Waals surface area contributed by atoms with Crippen molar-refractivity contribution in [2.45, 2.75) is 0 Å². The molecule has 1 aromatic heterocycles. The summed E-state index contributed by atoms with van der Waals surface area (Å²) in [6.07, 6.45) is 1.58. The maximum Gasteiger partial charge on any atom is 0.377 e. The van der Waals surface area contributed by atoms with Crippen molar-refractivity contribution in [1.29, 1.82) is 0 Å². The number of hydrogen-bond donors (Lipinski definition) is 1. The molecule has 0 amide bonds. The summed E-state index contributed by atoms with van der Waals surface area (Å²) >= 11 is 0. The van der Waals surface area contributed by atoms with Crippen LogP contribution in [-0.2, 0) is 4.79 Å². The number of rotatable bonds is 3. The first-order valence-electron chi connectivity index (χ1n) is 6.11. The van der Waals surface area contributed by atoms with Crippen LogP contribution in [0.2, 0.25) is 0 Å². The number of aromatic nitrogens is 1. The lowest BCUT2D eigenvalue weighted by molar-refractivity contribution is -0.131. The van der Waals surface area contributed by atoms with E-state index in [0.717, 1.165) is 11.2 Å². The van der Waals surface area contributed by atoms with Crippen molar-refractivity contribution in [2.75, 3.05) is 0 Å². The van der Waals surface area contributed by atoms with Crippen molar-refractivity contribution in [3.63, 3.8) is 0 Å². The molecule has 0 saturated heterocycles. The minimum atomic E-state index is -1.44. The molecule has 4 nitrogen and oxygen atoms in total. The fourth-order valence-corrected chi connectivity index (χ4v) is 2.28. The van der Waals surface area contributed by atoms with Gasteiger partial charge in [0.05, 0.1) is 11.1 Å². The lowest BCUT2D eigenvalue weighted by Gasteiger charge is -2.04. The molecular formula is C16H11NO3. The zero-order valence-electron chi connectivity index (χ0n) is 10.5. The molecule has 1 heterocycles. The van der Waals surface area contributed by atoms with Crippen molar-refractivity contribution < 1.29 is 14.7 Å². The summed E-state index contributed by atoms with van der Waals surface area (Å²) in [5.74, 6) is -2.34. The maximum atomic E-state index is 11.8. The molecule has 0 aliphatic rings. The number of nitrogens with zero attached hydrogens (tertiary/aromatic N) is 1. The van der Waals surface area contributed by atoms with Crippen LogP contribution in [0.15, 0.2) is 60.8 Å². The molecular weight excluding hydrogens is 254 g/mol. The van der Waals surface area contributed by atoms with Gasteiger partial charge in [-0.1, -0.05) is 36.4 Å². The van der Waals surface area contributed by atoms with Gasteiger partial charge >= 0.3 is 5.97 Å². The number of carbonyl (C=O) groups excluding carboxylic acids is 1. The smallest absolute Gasteiger partial charge is 0.377 e. The Bertz CT molecular complexity index is 803. The molecule has 3 rings (SSSR count). The Kier molecular flexibility index (Phi) is 2.84. The summed E-state index contributed by atoms with van der Waals surface area (Å²) in [5.41, 5.74) is 1.90. The molecule has 0 fully saturated rings. The summed E-state index contributed by atoms with van der Waals surface area (Å²) in [5, 5.41) is 9.56. The molecule has 3 aromatic rings. The highest BCUT2D eigenvalue weighted by molar-refractivity contribution is 6.42. The van der Waals surface area contributed by atoms with Gasteiger partial charge in [-0.05, 0) is 18.2 Å². The van der Waals surface area contributed by atoms with Gasteiger partial charge < -0.3 is 9.67 Å². The number of carboxylic acid groups (broad SMARTS) is 1. The number of Topliss-reactive ketones (excluding diaryl/α,β-unsaturated/α-hetero) is 1. The minimum Gasteiger partial charge on any atom is -0.475 e. The van der Waals surface area contributed by atoms with Gasteiger partial charge in [0.1, 0.15) is 0 Å². The molecule has 4 heteroatoms. The maximum absolute atomic E-state index is 11.8. The highest BCUT2D eigenvalue weighted by Crippen LogP contribution is 2.25. The average molecular weight is 265 g/mol. The van der Waals surface area contributed by atoms with Gasteiger partial charge in [-0.25, -0.2) is 4.79 Å². The second kappa shape index (κ2) is 4.66. The van der Waals surface area contributed by atoms with Gasteiger partial charge in [0.15, 0.2) is 0 Å². The van der Waals surface area contributed by atoms with Crippen LogP contribution in [0, 0.1) is 0 Å². The van der Waals surface area contributed by atoms with E-state index in [1.165, 1.54) is 0 Å². The summed E-state index contributed by atoms with van der Waals surface area (Å²) < 4.78 is 1.82. The van der Waals surface area contributed by atoms with E-state index in [9.17, 15) is 9.59 Å². The summed E-state index contributed by atoms with van der Waals surface area (Å²) in [7, 11) is 0. The van der Waals surface area contributed by atoms with E-state index >= 15 is 0 Å². The molecule has 0 radical (unpaired) electrons. The van der Waals surface area contributed by atoms with E-state index in [2.05, 4.69) is 0 Å². The molecule has 0 spiro atoms. The number of aliphatic carboxylic acids is 1. The molecule has 98 valence electrons. The van der Waals surface area contributed by atoms with Crippen LogP contribution in [0.25, 0.3) is 16.6 Å². The number of fused-ring (bicyclic) bond motifs is 1. The third-order valence-electron chi connectivity index (χ3n) is 3.19. The molecule has 0 aliphatic heterocycles. The number of hydrogen-bond acceptors (Lipinski definition) is 2. The zero-order chi connectivity index (χ0) is 14.1. The lowest BCUT2D eigenvalue weighted by atomic mass is 10.1. The van der Waals surface area contributed by atoms with Gasteiger partial charge in [-0.2, -0.15) is 0 Å². The first kappa shape index (κ1) is 12.2. The lowest BCUT2D eigenvalue weighted by Crippen LogP contribution is -2.12. The Morgan fingerprint density at radius 2 is 1.55 bits per heavy atom. The molecule has 0 atom stereocenters. The van der Waals surface area contributed by atoms with Crippen LogP contribution in [0.4, 0.5) is 0 Å². The average Bonchev–Trinajstić information content (AvgIpc) is 2.87. The Morgan fingerprint density at radius 3 is 2.25 bits per heavy atom. The van der Waals surface area contributed by atoms with Gasteiger partial charge in [0, 0.05) is 17.3 Å². The minimum absolute atomic E-state index is 0.206. The van der Waals surface area contributed by atoms with Crippen LogP contribution in [-0.4, -0.2) is 21.4 Å². The van der Waals surface area contributed by atoms with Gasteiger partial charge in [0.2, 0.25) is 0 Å². The van der Waals surface area contributed by atoms with E-state index in [-0.39, 0.29) is 5.56 Å². The number of ketones is 1.